The lowest BCUT2D eigenvalue weighted by Crippen LogP contribution is -2.22. The summed E-state index contributed by atoms with van der Waals surface area (Å²) in [6.07, 6.45) is 2.44. The van der Waals surface area contributed by atoms with E-state index in [-0.39, 0.29) is 6.10 Å². The molecular weight excluding hydrogens is 230 g/mol. The lowest BCUT2D eigenvalue weighted by molar-refractivity contribution is 0.158. The molecule has 5 heteroatoms. The number of aryl methyl sites for hydroxylation is 1. The lowest BCUT2D eigenvalue weighted by Gasteiger charge is -2.14. The van der Waals surface area contributed by atoms with Gasteiger partial charge in [0.05, 0.1) is 12.6 Å². The summed E-state index contributed by atoms with van der Waals surface area (Å²) in [5.41, 5.74) is 0. The molecule has 0 amide bonds. The van der Waals surface area contributed by atoms with Gasteiger partial charge in [-0.25, -0.2) is 0 Å². The van der Waals surface area contributed by atoms with Crippen LogP contribution < -0.4 is 0 Å². The van der Waals surface area contributed by atoms with Gasteiger partial charge in [0.1, 0.15) is 0 Å². The van der Waals surface area contributed by atoms with Crippen molar-refractivity contribution in [2.75, 3.05) is 13.6 Å². The molecule has 1 unspecified atom stereocenters. The average Bonchev–Trinajstić information content (AvgIpc) is 2.71. The minimum atomic E-state index is -0.267. The van der Waals surface area contributed by atoms with E-state index >= 15 is 0 Å². The van der Waals surface area contributed by atoms with Crippen LogP contribution in [0.1, 0.15) is 45.3 Å². The van der Waals surface area contributed by atoms with Crippen LogP contribution in [0, 0.1) is 5.92 Å². The zero-order valence-electron chi connectivity index (χ0n) is 11.9. The topological polar surface area (TPSA) is 62.4 Å². The van der Waals surface area contributed by atoms with E-state index in [0.717, 1.165) is 31.6 Å². The van der Waals surface area contributed by atoms with Crippen LogP contribution in [0.5, 0.6) is 0 Å². The summed E-state index contributed by atoms with van der Waals surface area (Å²) < 4.78 is 5.21. The first-order valence-electron chi connectivity index (χ1n) is 6.65. The van der Waals surface area contributed by atoms with Gasteiger partial charge in [0.25, 0.3) is 0 Å². The Balaban J connectivity index is 2.34. The van der Waals surface area contributed by atoms with Crippen molar-refractivity contribution in [1.82, 2.24) is 15.0 Å². The molecule has 0 aromatic carbocycles. The van der Waals surface area contributed by atoms with Crippen LogP contribution >= 0.6 is 0 Å². The molecule has 0 saturated heterocycles. The quantitative estimate of drug-likeness (QED) is 0.768. The van der Waals surface area contributed by atoms with Gasteiger partial charge in [-0.05, 0) is 32.7 Å². The summed E-state index contributed by atoms with van der Waals surface area (Å²) in [4.78, 5) is 6.44. The minimum absolute atomic E-state index is 0.267. The smallest absolute Gasteiger partial charge is 0.240 e. The number of hydrogen-bond donors (Lipinski definition) is 1. The van der Waals surface area contributed by atoms with E-state index in [2.05, 4.69) is 28.9 Å². The van der Waals surface area contributed by atoms with Crippen molar-refractivity contribution in [2.45, 2.75) is 52.7 Å². The van der Waals surface area contributed by atoms with E-state index in [9.17, 15) is 5.11 Å². The molecule has 0 aliphatic rings. The third-order valence-corrected chi connectivity index (χ3v) is 2.79. The van der Waals surface area contributed by atoms with Crippen molar-refractivity contribution in [3.05, 3.63) is 11.7 Å². The van der Waals surface area contributed by atoms with E-state index in [1.165, 1.54) is 0 Å². The summed E-state index contributed by atoms with van der Waals surface area (Å²) in [5.74, 6) is 2.10. The second-order valence-electron chi connectivity index (χ2n) is 5.41. The largest absolute Gasteiger partial charge is 0.393 e. The predicted molar refractivity (Wildman–Crippen MR) is 70.1 cm³/mol. The summed E-state index contributed by atoms with van der Waals surface area (Å²) in [6, 6.07) is 0. The molecule has 1 N–H and O–H groups in total. The maximum atomic E-state index is 9.22. The summed E-state index contributed by atoms with van der Waals surface area (Å²) >= 11 is 0. The Morgan fingerprint density at radius 3 is 2.61 bits per heavy atom. The summed E-state index contributed by atoms with van der Waals surface area (Å²) in [7, 11) is 1.99. The van der Waals surface area contributed by atoms with Crippen molar-refractivity contribution in [2.24, 2.45) is 5.92 Å². The Kier molecular flexibility index (Phi) is 6.29. The van der Waals surface area contributed by atoms with E-state index in [1.54, 1.807) is 6.92 Å². The minimum Gasteiger partial charge on any atom is -0.393 e. The van der Waals surface area contributed by atoms with Gasteiger partial charge >= 0.3 is 0 Å². The van der Waals surface area contributed by atoms with Gasteiger partial charge < -0.3 is 9.63 Å². The van der Waals surface area contributed by atoms with Gasteiger partial charge in [0.2, 0.25) is 5.89 Å². The summed E-state index contributed by atoms with van der Waals surface area (Å²) in [6.45, 7) is 7.63. The standard InChI is InChI=1S/C13H25N3O2/c1-10(2)5-6-12-14-13(18-15-12)9-16(4)8-7-11(3)17/h10-11,17H,5-9H2,1-4H3. The fourth-order valence-corrected chi connectivity index (χ4v) is 1.59. The van der Waals surface area contributed by atoms with Crippen LogP contribution in [0.4, 0.5) is 0 Å². The monoisotopic (exact) mass is 255 g/mol. The first-order valence-corrected chi connectivity index (χ1v) is 6.65. The first kappa shape index (κ1) is 15.1. The predicted octanol–water partition coefficient (Wildman–Crippen LogP) is 1.86. The zero-order valence-corrected chi connectivity index (χ0v) is 11.9. The highest BCUT2D eigenvalue weighted by Crippen LogP contribution is 2.08. The van der Waals surface area contributed by atoms with Gasteiger partial charge in [0.15, 0.2) is 5.82 Å². The number of rotatable bonds is 8. The molecule has 1 atom stereocenters. The second kappa shape index (κ2) is 7.48. The van der Waals surface area contributed by atoms with Crippen LogP contribution in [0.15, 0.2) is 4.52 Å². The Hall–Kier alpha value is -0.940. The zero-order chi connectivity index (χ0) is 13.5. The van der Waals surface area contributed by atoms with Crippen LogP contribution in [0.3, 0.4) is 0 Å². The van der Waals surface area contributed by atoms with Crippen molar-refractivity contribution in [3.8, 4) is 0 Å². The van der Waals surface area contributed by atoms with Crippen molar-refractivity contribution in [1.29, 1.82) is 0 Å². The molecule has 0 fully saturated rings. The maximum absolute atomic E-state index is 9.22. The van der Waals surface area contributed by atoms with Crippen molar-refractivity contribution in [3.63, 3.8) is 0 Å². The Morgan fingerprint density at radius 1 is 1.28 bits per heavy atom. The molecule has 1 aromatic heterocycles. The highest BCUT2D eigenvalue weighted by molar-refractivity contribution is 4.86. The number of aromatic nitrogens is 2. The second-order valence-corrected chi connectivity index (χ2v) is 5.41. The number of aliphatic hydroxyl groups is 1. The molecule has 0 aliphatic heterocycles. The molecule has 1 aromatic rings. The van der Waals surface area contributed by atoms with E-state index in [1.807, 2.05) is 7.05 Å². The first-order chi connectivity index (χ1) is 8.47. The van der Waals surface area contributed by atoms with Crippen molar-refractivity contribution >= 4 is 0 Å². The Labute approximate surface area is 109 Å². The van der Waals surface area contributed by atoms with Crippen LogP contribution in [0.25, 0.3) is 0 Å². The van der Waals surface area contributed by atoms with Gasteiger partial charge in [-0.15, -0.1) is 0 Å². The van der Waals surface area contributed by atoms with E-state index < -0.39 is 0 Å². The number of hydrogen-bond acceptors (Lipinski definition) is 5. The Bertz CT molecular complexity index is 337. The summed E-state index contributed by atoms with van der Waals surface area (Å²) in [5, 5.41) is 13.2. The maximum Gasteiger partial charge on any atom is 0.240 e. The normalized spacial score (nSPS) is 13.5. The molecular formula is C13H25N3O2. The van der Waals surface area contributed by atoms with E-state index in [4.69, 9.17) is 4.52 Å². The third-order valence-electron chi connectivity index (χ3n) is 2.79. The number of aliphatic hydroxyl groups excluding tert-OH is 1. The molecule has 1 rings (SSSR count). The molecule has 0 spiro atoms. The molecule has 104 valence electrons. The average molecular weight is 255 g/mol. The van der Waals surface area contributed by atoms with Gasteiger partial charge in [0, 0.05) is 13.0 Å². The van der Waals surface area contributed by atoms with Gasteiger partial charge in [-0.1, -0.05) is 19.0 Å². The highest BCUT2D eigenvalue weighted by atomic mass is 16.5. The molecule has 0 radical (unpaired) electrons. The van der Waals surface area contributed by atoms with Crippen LogP contribution in [-0.2, 0) is 13.0 Å². The SMILES string of the molecule is CC(C)CCc1noc(CN(C)CCC(C)O)n1. The molecule has 0 aliphatic carbocycles. The van der Waals surface area contributed by atoms with Gasteiger partial charge in [-0.2, -0.15) is 4.98 Å². The van der Waals surface area contributed by atoms with E-state index in [0.29, 0.717) is 18.4 Å². The lowest BCUT2D eigenvalue weighted by atomic mass is 10.1. The van der Waals surface area contributed by atoms with Crippen LogP contribution in [0.2, 0.25) is 0 Å². The fourth-order valence-electron chi connectivity index (χ4n) is 1.59. The fraction of sp³-hybridized carbons (Fsp3) is 0.846. The molecule has 1 heterocycles. The van der Waals surface area contributed by atoms with Crippen molar-refractivity contribution < 1.29 is 9.63 Å². The molecule has 0 bridgehead atoms. The highest BCUT2D eigenvalue weighted by Gasteiger charge is 2.10. The van der Waals surface area contributed by atoms with Crippen LogP contribution in [-0.4, -0.2) is 39.8 Å². The molecule has 0 saturated carbocycles. The molecule has 18 heavy (non-hydrogen) atoms. The number of nitrogens with zero attached hydrogens (tertiary/aromatic N) is 3. The molecule has 5 nitrogen and oxygen atoms in total. The van der Waals surface area contributed by atoms with Gasteiger partial charge in [-0.3, -0.25) is 4.90 Å². The third kappa shape index (κ3) is 6.12. The Morgan fingerprint density at radius 2 is 2.00 bits per heavy atom.